The molecule has 0 aromatic heterocycles. The number of hydrogen-bond donors (Lipinski definition) is 1. The molecule has 2 amide bonds. The lowest BCUT2D eigenvalue weighted by Crippen LogP contribution is -2.51. The molecule has 1 aliphatic rings. The molecule has 32 heavy (non-hydrogen) atoms. The van der Waals surface area contributed by atoms with Gasteiger partial charge in [0, 0.05) is 43.8 Å². The molecular formula is C21H22ClN3O6S. The number of hydrogen-bond acceptors (Lipinski definition) is 6. The van der Waals surface area contributed by atoms with Crippen LogP contribution in [0.15, 0.2) is 53.4 Å². The highest BCUT2D eigenvalue weighted by Gasteiger charge is 2.30. The molecule has 170 valence electrons. The van der Waals surface area contributed by atoms with Crippen LogP contribution in [0.4, 0.5) is 5.69 Å². The average Bonchev–Trinajstić information content (AvgIpc) is 2.77. The summed E-state index contributed by atoms with van der Waals surface area (Å²) >= 11 is 5.82. The number of esters is 1. The second-order valence-corrected chi connectivity index (χ2v) is 9.45. The summed E-state index contributed by atoms with van der Waals surface area (Å²) in [4.78, 5) is 37.4. The maximum absolute atomic E-state index is 12.7. The maximum atomic E-state index is 12.7. The number of nitrogens with zero attached hydrogens (tertiary/aromatic N) is 2. The minimum Gasteiger partial charge on any atom is -0.452 e. The van der Waals surface area contributed by atoms with E-state index in [1.165, 1.54) is 52.5 Å². The van der Waals surface area contributed by atoms with Gasteiger partial charge < -0.3 is 15.0 Å². The SMILES string of the molecule is CC(=O)Nc1cccc(C(=O)OCC(=O)N2CCN(S(=O)(=O)c3ccc(Cl)cc3)CC2)c1. The molecule has 1 fully saturated rings. The summed E-state index contributed by atoms with van der Waals surface area (Å²) in [5.41, 5.74) is 0.638. The van der Waals surface area contributed by atoms with E-state index in [1.54, 1.807) is 12.1 Å². The zero-order chi connectivity index (χ0) is 23.3. The number of rotatable bonds is 6. The van der Waals surface area contributed by atoms with E-state index in [2.05, 4.69) is 5.32 Å². The number of anilines is 1. The second-order valence-electron chi connectivity index (χ2n) is 7.08. The summed E-state index contributed by atoms with van der Waals surface area (Å²) in [6, 6.07) is 12.1. The van der Waals surface area contributed by atoms with E-state index in [0.717, 1.165) is 0 Å². The van der Waals surface area contributed by atoms with Crippen LogP contribution in [0.5, 0.6) is 0 Å². The van der Waals surface area contributed by atoms with Crippen molar-refractivity contribution in [1.82, 2.24) is 9.21 Å². The number of ether oxygens (including phenoxy) is 1. The third-order valence-corrected chi connectivity index (χ3v) is 6.95. The molecule has 0 spiro atoms. The lowest BCUT2D eigenvalue weighted by atomic mass is 10.2. The maximum Gasteiger partial charge on any atom is 0.338 e. The number of sulfonamides is 1. The molecule has 0 saturated carbocycles. The Morgan fingerprint density at radius 2 is 1.69 bits per heavy atom. The van der Waals surface area contributed by atoms with Crippen molar-refractivity contribution in [2.75, 3.05) is 38.1 Å². The summed E-state index contributed by atoms with van der Waals surface area (Å²) in [6.07, 6.45) is 0. The first kappa shape index (κ1) is 23.7. The Kier molecular flexibility index (Phi) is 7.49. The Balaban J connectivity index is 1.52. The number of nitrogens with one attached hydrogen (secondary N) is 1. The molecular weight excluding hydrogens is 458 g/mol. The molecule has 0 atom stereocenters. The fraction of sp³-hybridized carbons (Fsp3) is 0.286. The number of piperazine rings is 1. The lowest BCUT2D eigenvalue weighted by Gasteiger charge is -2.33. The van der Waals surface area contributed by atoms with E-state index in [4.69, 9.17) is 16.3 Å². The number of halogens is 1. The molecule has 1 N–H and O–H groups in total. The summed E-state index contributed by atoms with van der Waals surface area (Å²) in [5, 5.41) is 3.01. The van der Waals surface area contributed by atoms with Crippen molar-refractivity contribution in [2.24, 2.45) is 0 Å². The van der Waals surface area contributed by atoms with Crippen LogP contribution in [0, 0.1) is 0 Å². The topological polar surface area (TPSA) is 113 Å². The quantitative estimate of drug-likeness (QED) is 0.634. The zero-order valence-electron chi connectivity index (χ0n) is 17.3. The number of amides is 2. The molecule has 0 unspecified atom stereocenters. The van der Waals surface area contributed by atoms with Gasteiger partial charge in [0.1, 0.15) is 0 Å². The summed E-state index contributed by atoms with van der Waals surface area (Å²) in [6.45, 7) is 1.51. The van der Waals surface area contributed by atoms with Gasteiger partial charge in [-0.3, -0.25) is 9.59 Å². The second kappa shape index (κ2) is 10.1. The van der Waals surface area contributed by atoms with Crippen molar-refractivity contribution in [3.63, 3.8) is 0 Å². The molecule has 0 radical (unpaired) electrons. The standard InChI is InChI=1S/C21H22ClN3O6S/c1-15(26)23-18-4-2-3-16(13-18)21(28)31-14-20(27)24-9-11-25(12-10-24)32(29,30)19-7-5-17(22)6-8-19/h2-8,13H,9-12,14H2,1H3,(H,23,26). The molecule has 1 saturated heterocycles. The van der Waals surface area contributed by atoms with Crippen LogP contribution < -0.4 is 5.32 Å². The van der Waals surface area contributed by atoms with E-state index >= 15 is 0 Å². The third kappa shape index (κ3) is 5.84. The summed E-state index contributed by atoms with van der Waals surface area (Å²) in [5.74, 6) is -1.39. The van der Waals surface area contributed by atoms with Crippen LogP contribution in [0.25, 0.3) is 0 Å². The normalized spacial score (nSPS) is 14.6. The lowest BCUT2D eigenvalue weighted by molar-refractivity contribution is -0.135. The van der Waals surface area contributed by atoms with Crippen molar-refractivity contribution in [3.8, 4) is 0 Å². The highest BCUT2D eigenvalue weighted by Crippen LogP contribution is 2.20. The van der Waals surface area contributed by atoms with Gasteiger partial charge >= 0.3 is 5.97 Å². The van der Waals surface area contributed by atoms with Gasteiger partial charge in [0.15, 0.2) is 6.61 Å². The van der Waals surface area contributed by atoms with E-state index in [1.807, 2.05) is 0 Å². The van der Waals surface area contributed by atoms with Crippen molar-refractivity contribution < 1.29 is 27.5 Å². The first-order valence-corrected chi connectivity index (χ1v) is 11.6. The van der Waals surface area contributed by atoms with E-state index in [-0.39, 0.29) is 42.5 Å². The molecule has 1 aliphatic heterocycles. The molecule has 3 rings (SSSR count). The molecule has 1 heterocycles. The van der Waals surface area contributed by atoms with Crippen LogP contribution in [-0.4, -0.2) is 68.2 Å². The Morgan fingerprint density at radius 1 is 1.03 bits per heavy atom. The van der Waals surface area contributed by atoms with Crippen molar-refractivity contribution in [1.29, 1.82) is 0 Å². The first-order valence-electron chi connectivity index (χ1n) is 9.75. The van der Waals surface area contributed by atoms with Crippen molar-refractivity contribution >= 4 is 45.1 Å². The number of carbonyl (C=O) groups excluding carboxylic acids is 3. The van der Waals surface area contributed by atoms with Gasteiger partial charge in [0.05, 0.1) is 10.5 Å². The Morgan fingerprint density at radius 3 is 2.31 bits per heavy atom. The van der Waals surface area contributed by atoms with Crippen LogP contribution in [-0.2, 0) is 24.3 Å². The van der Waals surface area contributed by atoms with Crippen LogP contribution >= 0.6 is 11.6 Å². The van der Waals surface area contributed by atoms with Crippen LogP contribution in [0.2, 0.25) is 5.02 Å². The van der Waals surface area contributed by atoms with Gasteiger partial charge in [0.2, 0.25) is 15.9 Å². The molecule has 0 bridgehead atoms. The van der Waals surface area contributed by atoms with Crippen LogP contribution in [0.3, 0.4) is 0 Å². The third-order valence-electron chi connectivity index (χ3n) is 4.79. The highest BCUT2D eigenvalue weighted by molar-refractivity contribution is 7.89. The molecule has 0 aliphatic carbocycles. The van der Waals surface area contributed by atoms with Crippen molar-refractivity contribution in [3.05, 3.63) is 59.1 Å². The van der Waals surface area contributed by atoms with Crippen molar-refractivity contribution in [2.45, 2.75) is 11.8 Å². The number of benzene rings is 2. The molecule has 2 aromatic rings. The van der Waals surface area contributed by atoms with E-state index in [0.29, 0.717) is 10.7 Å². The summed E-state index contributed by atoms with van der Waals surface area (Å²) in [7, 11) is -3.68. The fourth-order valence-corrected chi connectivity index (χ4v) is 4.71. The molecule has 11 heteroatoms. The Bertz CT molecular complexity index is 1110. The highest BCUT2D eigenvalue weighted by atomic mass is 35.5. The van der Waals surface area contributed by atoms with Gasteiger partial charge in [-0.15, -0.1) is 0 Å². The predicted octanol–water partition coefficient (Wildman–Crippen LogP) is 1.99. The minimum absolute atomic E-state index is 0.128. The minimum atomic E-state index is -3.68. The molecule has 9 nitrogen and oxygen atoms in total. The fourth-order valence-electron chi connectivity index (χ4n) is 3.16. The first-order chi connectivity index (χ1) is 15.2. The number of carbonyl (C=O) groups is 3. The van der Waals surface area contributed by atoms with Gasteiger partial charge in [0.25, 0.3) is 5.91 Å². The van der Waals surface area contributed by atoms with Gasteiger partial charge in [-0.05, 0) is 42.5 Å². The van der Waals surface area contributed by atoms with Gasteiger partial charge in [-0.25, -0.2) is 13.2 Å². The molecule has 2 aromatic carbocycles. The van der Waals surface area contributed by atoms with Crippen LogP contribution in [0.1, 0.15) is 17.3 Å². The average molecular weight is 480 g/mol. The van der Waals surface area contributed by atoms with Gasteiger partial charge in [-0.2, -0.15) is 4.31 Å². The monoisotopic (exact) mass is 479 g/mol. The van der Waals surface area contributed by atoms with E-state index < -0.39 is 28.5 Å². The Hall–Kier alpha value is -2.95. The zero-order valence-corrected chi connectivity index (χ0v) is 18.9. The smallest absolute Gasteiger partial charge is 0.338 e. The van der Waals surface area contributed by atoms with Gasteiger partial charge in [-0.1, -0.05) is 17.7 Å². The van der Waals surface area contributed by atoms with E-state index in [9.17, 15) is 22.8 Å². The Labute approximate surface area is 190 Å². The predicted molar refractivity (Wildman–Crippen MR) is 118 cm³/mol. The summed E-state index contributed by atoms with van der Waals surface area (Å²) < 4.78 is 31.8. The largest absolute Gasteiger partial charge is 0.452 e.